The summed E-state index contributed by atoms with van der Waals surface area (Å²) in [7, 11) is 0. The Balaban J connectivity index is 1.92. The number of hydrogen-bond acceptors (Lipinski definition) is 6. The van der Waals surface area contributed by atoms with Crippen molar-refractivity contribution in [2.45, 2.75) is 91.3 Å². The number of aliphatic hydroxyl groups excluding tert-OH is 2. The number of carboxylic acid groups (broad SMARTS) is 1. The van der Waals surface area contributed by atoms with Crippen LogP contribution in [-0.2, 0) is 4.74 Å². The van der Waals surface area contributed by atoms with E-state index in [1.54, 1.807) is 20.8 Å². The number of fused-ring (bicyclic) bond motifs is 1. The molecule has 0 bridgehead atoms. The number of ether oxygens (including phenoxy) is 1. The van der Waals surface area contributed by atoms with Crippen LogP contribution in [0.15, 0.2) is 17.1 Å². The Morgan fingerprint density at radius 2 is 1.83 bits per heavy atom. The van der Waals surface area contributed by atoms with E-state index >= 15 is 0 Å². The molecule has 0 unspecified atom stereocenters. The van der Waals surface area contributed by atoms with Crippen LogP contribution in [0.25, 0.3) is 0 Å². The number of nitrogens with one attached hydrogen (secondary N) is 2. The molecule has 3 rings (SSSR count). The first kappa shape index (κ1) is 28.4. The number of carbonyl (C=O) groups excluding carboxylic acids is 1. The van der Waals surface area contributed by atoms with Crippen LogP contribution in [0.1, 0.15) is 79.6 Å². The van der Waals surface area contributed by atoms with Gasteiger partial charge >= 0.3 is 12.2 Å². The monoisotopic (exact) mass is 507 g/mol. The number of amides is 2. The summed E-state index contributed by atoms with van der Waals surface area (Å²) in [5.74, 6) is 0.514. The summed E-state index contributed by atoms with van der Waals surface area (Å²) in [5.41, 5.74) is 0.352. The van der Waals surface area contributed by atoms with E-state index in [1.807, 2.05) is 0 Å². The number of aliphatic hydroxyl groups is 2. The lowest BCUT2D eigenvalue weighted by atomic mass is 9.49. The normalized spacial score (nSPS) is 37.2. The molecule has 0 aliphatic heterocycles. The van der Waals surface area contributed by atoms with Gasteiger partial charge in [0.1, 0.15) is 5.60 Å². The molecule has 9 heteroatoms. The molecule has 0 aromatic rings. The van der Waals surface area contributed by atoms with Gasteiger partial charge in [-0.05, 0) is 100 Å². The highest BCUT2D eigenvalue weighted by Gasteiger charge is 2.56. The summed E-state index contributed by atoms with van der Waals surface area (Å²) in [4.78, 5) is 28.4. The van der Waals surface area contributed by atoms with Crippen LogP contribution in [0.2, 0.25) is 0 Å². The predicted molar refractivity (Wildman–Crippen MR) is 138 cm³/mol. The Kier molecular flexibility index (Phi) is 8.45. The molecule has 0 saturated heterocycles. The van der Waals surface area contributed by atoms with Gasteiger partial charge in [0.15, 0.2) is 0 Å². The topological polar surface area (TPSA) is 140 Å². The molecular formula is C27H45N3O6. The molecule has 7 atom stereocenters. The zero-order valence-corrected chi connectivity index (χ0v) is 22.5. The van der Waals surface area contributed by atoms with Gasteiger partial charge in [0.25, 0.3) is 0 Å². The summed E-state index contributed by atoms with van der Waals surface area (Å²) in [6.45, 7) is 14.5. The van der Waals surface area contributed by atoms with Gasteiger partial charge in [-0.25, -0.2) is 9.59 Å². The van der Waals surface area contributed by atoms with Gasteiger partial charge in [-0.1, -0.05) is 26.0 Å². The molecule has 0 spiro atoms. The van der Waals surface area contributed by atoms with E-state index in [9.17, 15) is 24.9 Å². The lowest BCUT2D eigenvalue weighted by molar-refractivity contribution is -0.0916. The number of aliphatic imine (C=N–C) groups is 1. The van der Waals surface area contributed by atoms with Gasteiger partial charge in [-0.15, -0.1) is 0 Å². The number of nitrogens with zero attached hydrogens (tertiary/aromatic N) is 1. The zero-order chi connectivity index (χ0) is 26.9. The highest BCUT2D eigenvalue weighted by atomic mass is 16.6. The number of allylic oxidation sites excluding steroid dienone is 1. The SMILES string of the molecule is C=C1CC[C@H]2[C@H](CN=C(NC(=O)O)NC(=O)OC(C)(C)C)[C@@H]([C@@]3(C)CC[C@H](O)C[C@@H]3CO)CC[C@]12C. The molecule has 5 N–H and O–H groups in total. The van der Waals surface area contributed by atoms with Crippen molar-refractivity contribution < 1.29 is 29.6 Å². The minimum absolute atomic E-state index is 0.00504. The maximum absolute atomic E-state index is 12.3. The summed E-state index contributed by atoms with van der Waals surface area (Å²) < 4.78 is 5.29. The first-order valence-corrected chi connectivity index (χ1v) is 13.2. The van der Waals surface area contributed by atoms with Crippen molar-refractivity contribution >= 4 is 18.1 Å². The van der Waals surface area contributed by atoms with Crippen LogP contribution < -0.4 is 10.6 Å². The maximum Gasteiger partial charge on any atom is 0.414 e. The van der Waals surface area contributed by atoms with Crippen molar-refractivity contribution in [3.8, 4) is 0 Å². The fourth-order valence-electron chi connectivity index (χ4n) is 7.24. The van der Waals surface area contributed by atoms with E-state index in [0.29, 0.717) is 25.3 Å². The van der Waals surface area contributed by atoms with E-state index in [0.717, 1.165) is 32.1 Å². The molecule has 3 saturated carbocycles. The molecule has 3 aliphatic carbocycles. The Hall–Kier alpha value is -2.13. The molecule has 3 fully saturated rings. The Labute approximate surface area is 214 Å². The number of rotatable bonds is 4. The van der Waals surface area contributed by atoms with Gasteiger partial charge in [0.2, 0.25) is 5.96 Å². The maximum atomic E-state index is 12.3. The molecule has 0 aromatic carbocycles. The van der Waals surface area contributed by atoms with E-state index in [1.165, 1.54) is 5.57 Å². The van der Waals surface area contributed by atoms with Crippen LogP contribution in [0.5, 0.6) is 0 Å². The minimum Gasteiger partial charge on any atom is -0.465 e. The molecule has 9 nitrogen and oxygen atoms in total. The molecule has 3 aliphatic rings. The molecular weight excluding hydrogens is 462 g/mol. The van der Waals surface area contributed by atoms with Crippen LogP contribution in [0.4, 0.5) is 9.59 Å². The minimum atomic E-state index is -1.32. The van der Waals surface area contributed by atoms with Crippen molar-refractivity contribution in [3.63, 3.8) is 0 Å². The standard InChI is InChI=1S/C27H45N3O6/c1-16-7-8-20-19(14-28-22(29-23(33)34)30-24(35)36-25(2,3)4)21(10-12-26(16,20)5)27(6)11-9-18(32)13-17(27)15-31/h17-21,31-32H,1,7-15H2,2-6H3,(H,33,34)(H2,28,29,30,35)/t17-,18+,19+,20+,21+,26-,27+/m1/s1. The van der Waals surface area contributed by atoms with E-state index < -0.39 is 23.9 Å². The van der Waals surface area contributed by atoms with Crippen molar-refractivity contribution in [2.75, 3.05) is 13.2 Å². The molecule has 0 radical (unpaired) electrons. The summed E-state index contributed by atoms with van der Waals surface area (Å²) in [5, 5.41) is 34.6. The van der Waals surface area contributed by atoms with Crippen molar-refractivity contribution in [1.29, 1.82) is 0 Å². The Bertz CT molecular complexity index is 883. The second-order valence-corrected chi connectivity index (χ2v) is 12.5. The Morgan fingerprint density at radius 1 is 1.14 bits per heavy atom. The fraction of sp³-hybridized carbons (Fsp3) is 0.815. The largest absolute Gasteiger partial charge is 0.465 e. The molecule has 0 heterocycles. The highest BCUT2D eigenvalue weighted by Crippen LogP contribution is 2.63. The molecule has 0 aromatic heterocycles. The van der Waals surface area contributed by atoms with Crippen LogP contribution in [0.3, 0.4) is 0 Å². The summed E-state index contributed by atoms with van der Waals surface area (Å²) in [6, 6.07) is 0. The first-order chi connectivity index (χ1) is 16.7. The Morgan fingerprint density at radius 3 is 2.44 bits per heavy atom. The fourth-order valence-corrected chi connectivity index (χ4v) is 7.24. The number of guanidine groups is 1. The lowest BCUT2D eigenvalue weighted by Crippen LogP contribution is -2.52. The van der Waals surface area contributed by atoms with Crippen LogP contribution in [-0.4, -0.2) is 58.3 Å². The van der Waals surface area contributed by atoms with Gasteiger partial charge in [-0.2, -0.15) is 0 Å². The second-order valence-electron chi connectivity index (χ2n) is 12.5. The van der Waals surface area contributed by atoms with Gasteiger partial charge in [-0.3, -0.25) is 15.6 Å². The van der Waals surface area contributed by atoms with Gasteiger partial charge < -0.3 is 20.1 Å². The van der Waals surface area contributed by atoms with E-state index in [2.05, 4.69) is 36.1 Å². The van der Waals surface area contributed by atoms with Crippen LogP contribution >= 0.6 is 0 Å². The predicted octanol–water partition coefficient (Wildman–Crippen LogP) is 4.29. The third-order valence-corrected chi connectivity index (χ3v) is 9.27. The zero-order valence-electron chi connectivity index (χ0n) is 22.5. The quantitative estimate of drug-likeness (QED) is 0.218. The molecule has 2 amide bonds. The van der Waals surface area contributed by atoms with Crippen molar-refractivity contribution in [1.82, 2.24) is 10.6 Å². The second kappa shape index (κ2) is 10.7. The molecule has 204 valence electrons. The number of carbonyl (C=O) groups is 2. The third-order valence-electron chi connectivity index (χ3n) is 9.27. The lowest BCUT2D eigenvalue weighted by Gasteiger charge is -2.56. The average molecular weight is 508 g/mol. The van der Waals surface area contributed by atoms with Gasteiger partial charge in [0, 0.05) is 13.2 Å². The summed E-state index contributed by atoms with van der Waals surface area (Å²) >= 11 is 0. The molecule has 36 heavy (non-hydrogen) atoms. The van der Waals surface area contributed by atoms with Crippen molar-refractivity contribution in [3.05, 3.63) is 12.2 Å². The average Bonchev–Trinajstić information content (AvgIpc) is 3.06. The van der Waals surface area contributed by atoms with Crippen molar-refractivity contribution in [2.24, 2.45) is 39.5 Å². The van der Waals surface area contributed by atoms with Crippen LogP contribution in [0, 0.1) is 34.5 Å². The number of alkyl carbamates (subject to hydrolysis) is 1. The first-order valence-electron chi connectivity index (χ1n) is 13.2. The van der Waals surface area contributed by atoms with E-state index in [-0.39, 0.29) is 41.2 Å². The summed E-state index contributed by atoms with van der Waals surface area (Å²) in [6.07, 6.45) is 3.56. The highest BCUT2D eigenvalue weighted by molar-refractivity contribution is 6.00. The smallest absolute Gasteiger partial charge is 0.414 e. The third kappa shape index (κ3) is 6.05. The van der Waals surface area contributed by atoms with E-state index in [4.69, 9.17) is 4.74 Å². The van der Waals surface area contributed by atoms with Gasteiger partial charge in [0.05, 0.1) is 6.10 Å². The number of hydrogen-bond donors (Lipinski definition) is 5.